The van der Waals surface area contributed by atoms with Gasteiger partial charge in [-0.15, -0.1) is 0 Å². The molecule has 29 heavy (non-hydrogen) atoms. The Morgan fingerprint density at radius 2 is 2.00 bits per heavy atom. The number of phenols is 1. The first-order chi connectivity index (χ1) is 14.1. The minimum absolute atomic E-state index is 0.182. The highest BCUT2D eigenvalue weighted by atomic mass is 16.5. The van der Waals surface area contributed by atoms with Crippen LogP contribution in [0, 0.1) is 0 Å². The molecule has 1 N–H and O–H groups in total. The molecule has 0 bridgehead atoms. The Balaban J connectivity index is 1.90. The highest BCUT2D eigenvalue weighted by Gasteiger charge is 2.28. The van der Waals surface area contributed by atoms with Crippen LogP contribution < -0.4 is 0 Å². The van der Waals surface area contributed by atoms with Crippen molar-refractivity contribution in [1.29, 1.82) is 0 Å². The molecule has 152 valence electrons. The van der Waals surface area contributed by atoms with Gasteiger partial charge in [-0.2, -0.15) is 0 Å². The lowest BCUT2D eigenvalue weighted by Gasteiger charge is -2.33. The fraction of sp³-hybridized carbons (Fsp3) is 0.375. The molecule has 0 aliphatic carbocycles. The maximum Gasteiger partial charge on any atom is 0.342 e. The van der Waals surface area contributed by atoms with Crippen molar-refractivity contribution in [3.05, 3.63) is 53.6 Å². The largest absolute Gasteiger partial charge is 0.508 e. The van der Waals surface area contributed by atoms with Crippen molar-refractivity contribution in [1.82, 2.24) is 4.90 Å². The van der Waals surface area contributed by atoms with Gasteiger partial charge in [0.25, 0.3) is 0 Å². The number of likely N-dealkylation sites (tertiary alicyclic amines) is 1. The van der Waals surface area contributed by atoms with E-state index >= 15 is 0 Å². The van der Waals surface area contributed by atoms with Crippen molar-refractivity contribution in [3.63, 3.8) is 0 Å². The Bertz CT molecular complexity index is 1010. The van der Waals surface area contributed by atoms with Gasteiger partial charge >= 0.3 is 5.97 Å². The van der Waals surface area contributed by atoms with Crippen LogP contribution in [-0.4, -0.2) is 35.2 Å². The summed E-state index contributed by atoms with van der Waals surface area (Å²) in [6.45, 7) is 5.83. The number of ether oxygens (including phenoxy) is 1. The molecular formula is C24H27NO4. The zero-order valence-corrected chi connectivity index (χ0v) is 17.0. The van der Waals surface area contributed by atoms with Crippen LogP contribution in [0.5, 0.6) is 5.75 Å². The number of hydrogen-bond acceptors (Lipinski definition) is 5. The van der Waals surface area contributed by atoms with Crippen LogP contribution in [0.25, 0.3) is 22.3 Å². The van der Waals surface area contributed by atoms with E-state index in [-0.39, 0.29) is 12.4 Å². The van der Waals surface area contributed by atoms with E-state index in [1.54, 1.807) is 19.1 Å². The minimum Gasteiger partial charge on any atom is -0.508 e. The standard InChI is InChI=1S/C24H27NO4/c1-3-28-24(27)22-21-18(15-25-14-8-7-9-16(25)2)19(26)12-13-20(21)29-23(22)17-10-5-4-6-11-17/h4-6,10-13,16,26H,3,7-9,14-15H2,1-2H3/t16-/m0/s1. The van der Waals surface area contributed by atoms with Crippen LogP contribution in [0.15, 0.2) is 46.9 Å². The number of rotatable bonds is 5. The van der Waals surface area contributed by atoms with Crippen LogP contribution in [0.2, 0.25) is 0 Å². The average molecular weight is 393 g/mol. The number of nitrogens with zero attached hydrogens (tertiary/aromatic N) is 1. The second kappa shape index (κ2) is 8.29. The van der Waals surface area contributed by atoms with Crippen molar-refractivity contribution < 1.29 is 19.1 Å². The molecule has 1 fully saturated rings. The maximum absolute atomic E-state index is 13.0. The zero-order valence-electron chi connectivity index (χ0n) is 17.0. The summed E-state index contributed by atoms with van der Waals surface area (Å²) >= 11 is 0. The van der Waals surface area contributed by atoms with Gasteiger partial charge < -0.3 is 14.3 Å². The Morgan fingerprint density at radius 3 is 2.72 bits per heavy atom. The third-order valence-corrected chi connectivity index (χ3v) is 5.76. The number of piperidine rings is 1. The third kappa shape index (κ3) is 3.75. The summed E-state index contributed by atoms with van der Waals surface area (Å²) in [5.74, 6) is 0.238. The van der Waals surface area contributed by atoms with Gasteiger partial charge in [0.2, 0.25) is 0 Å². The fourth-order valence-electron chi connectivity index (χ4n) is 4.20. The zero-order chi connectivity index (χ0) is 20.4. The number of fused-ring (bicyclic) bond motifs is 1. The summed E-state index contributed by atoms with van der Waals surface area (Å²) in [5, 5.41) is 11.4. The first-order valence-electron chi connectivity index (χ1n) is 10.3. The van der Waals surface area contributed by atoms with Crippen molar-refractivity contribution in [2.24, 2.45) is 0 Å². The molecular weight excluding hydrogens is 366 g/mol. The highest BCUT2D eigenvalue weighted by molar-refractivity contribution is 6.10. The minimum atomic E-state index is -0.427. The number of furan rings is 1. The van der Waals surface area contributed by atoms with E-state index in [4.69, 9.17) is 9.15 Å². The fourth-order valence-corrected chi connectivity index (χ4v) is 4.20. The molecule has 1 saturated heterocycles. The summed E-state index contributed by atoms with van der Waals surface area (Å²) in [6, 6.07) is 13.4. The summed E-state index contributed by atoms with van der Waals surface area (Å²) < 4.78 is 11.5. The van der Waals surface area contributed by atoms with E-state index in [0.717, 1.165) is 30.5 Å². The molecule has 4 rings (SSSR count). The number of esters is 1. The molecule has 2 heterocycles. The Morgan fingerprint density at radius 1 is 1.21 bits per heavy atom. The van der Waals surface area contributed by atoms with Gasteiger partial charge in [0.15, 0.2) is 0 Å². The number of carbonyl (C=O) groups excluding carboxylic acids is 1. The van der Waals surface area contributed by atoms with E-state index in [2.05, 4.69) is 11.8 Å². The normalized spacial score (nSPS) is 17.5. The van der Waals surface area contributed by atoms with Gasteiger partial charge in [0.1, 0.15) is 22.7 Å². The molecule has 5 heteroatoms. The van der Waals surface area contributed by atoms with Crippen LogP contribution in [0.4, 0.5) is 0 Å². The van der Waals surface area contributed by atoms with Crippen molar-refractivity contribution in [2.45, 2.75) is 45.7 Å². The number of benzene rings is 2. The van der Waals surface area contributed by atoms with Gasteiger partial charge in [-0.25, -0.2) is 4.79 Å². The molecule has 0 unspecified atom stereocenters. The summed E-state index contributed by atoms with van der Waals surface area (Å²) in [5.41, 5.74) is 2.52. The Kier molecular flexibility index (Phi) is 5.58. The van der Waals surface area contributed by atoms with E-state index in [0.29, 0.717) is 34.9 Å². The van der Waals surface area contributed by atoms with Crippen molar-refractivity contribution >= 4 is 16.9 Å². The van der Waals surface area contributed by atoms with Gasteiger partial charge in [-0.3, -0.25) is 4.90 Å². The lowest BCUT2D eigenvalue weighted by Crippen LogP contribution is -2.36. The first-order valence-corrected chi connectivity index (χ1v) is 10.3. The maximum atomic E-state index is 13.0. The van der Waals surface area contributed by atoms with Crippen molar-refractivity contribution in [3.8, 4) is 17.1 Å². The van der Waals surface area contributed by atoms with E-state index < -0.39 is 5.97 Å². The second-order valence-corrected chi connectivity index (χ2v) is 7.64. The predicted molar refractivity (Wildman–Crippen MR) is 113 cm³/mol. The van der Waals surface area contributed by atoms with Gasteiger partial charge in [0.05, 0.1) is 6.61 Å². The average Bonchev–Trinajstić information content (AvgIpc) is 3.12. The van der Waals surface area contributed by atoms with E-state index in [9.17, 15) is 9.90 Å². The summed E-state index contributed by atoms with van der Waals surface area (Å²) in [7, 11) is 0. The lowest BCUT2D eigenvalue weighted by atomic mass is 9.98. The molecule has 1 aromatic heterocycles. The topological polar surface area (TPSA) is 62.9 Å². The van der Waals surface area contributed by atoms with Gasteiger partial charge in [-0.05, 0) is 45.4 Å². The number of carbonyl (C=O) groups is 1. The molecule has 0 saturated carbocycles. The van der Waals surface area contributed by atoms with Gasteiger partial charge in [0, 0.05) is 29.1 Å². The number of phenolic OH excluding ortho intramolecular Hbond substituents is 1. The molecule has 0 amide bonds. The number of aromatic hydroxyl groups is 1. The molecule has 1 aliphatic heterocycles. The van der Waals surface area contributed by atoms with Crippen LogP contribution >= 0.6 is 0 Å². The quantitative estimate of drug-likeness (QED) is 0.592. The van der Waals surface area contributed by atoms with Crippen LogP contribution in [0.3, 0.4) is 0 Å². The smallest absolute Gasteiger partial charge is 0.342 e. The predicted octanol–water partition coefficient (Wildman–Crippen LogP) is 5.36. The van der Waals surface area contributed by atoms with Crippen LogP contribution in [-0.2, 0) is 11.3 Å². The Hall–Kier alpha value is -2.79. The van der Waals surface area contributed by atoms with Crippen molar-refractivity contribution in [2.75, 3.05) is 13.2 Å². The molecule has 0 radical (unpaired) electrons. The highest BCUT2D eigenvalue weighted by Crippen LogP contribution is 2.40. The van der Waals surface area contributed by atoms with Gasteiger partial charge in [-0.1, -0.05) is 36.8 Å². The van der Waals surface area contributed by atoms with E-state index in [1.807, 2.05) is 30.3 Å². The summed E-state index contributed by atoms with van der Waals surface area (Å²) in [4.78, 5) is 15.3. The molecule has 2 aromatic carbocycles. The molecule has 0 spiro atoms. The molecule has 1 atom stereocenters. The SMILES string of the molecule is CCOC(=O)c1c(-c2ccccc2)oc2ccc(O)c(CN3CCCC[C@@H]3C)c12. The monoisotopic (exact) mass is 393 g/mol. The third-order valence-electron chi connectivity index (χ3n) is 5.76. The summed E-state index contributed by atoms with van der Waals surface area (Å²) in [6.07, 6.45) is 3.51. The second-order valence-electron chi connectivity index (χ2n) is 7.64. The first kappa shape index (κ1) is 19.5. The van der Waals surface area contributed by atoms with Crippen LogP contribution in [0.1, 0.15) is 49.0 Å². The molecule has 1 aliphatic rings. The Labute approximate surface area is 170 Å². The lowest BCUT2D eigenvalue weighted by molar-refractivity contribution is 0.0528. The molecule has 5 nitrogen and oxygen atoms in total. The number of hydrogen-bond donors (Lipinski definition) is 1. The molecule has 3 aromatic rings. The van der Waals surface area contributed by atoms with E-state index in [1.165, 1.54) is 6.42 Å².